The molecule has 1 heterocycles. The summed E-state index contributed by atoms with van der Waals surface area (Å²) >= 11 is 0. The average molecular weight is 419 g/mol. The second-order valence-corrected chi connectivity index (χ2v) is 7.85. The van der Waals surface area contributed by atoms with Gasteiger partial charge in [-0.2, -0.15) is 0 Å². The fourth-order valence-electron chi connectivity index (χ4n) is 3.34. The Morgan fingerprint density at radius 1 is 0.621 bits per heavy atom. The van der Waals surface area contributed by atoms with Crippen LogP contribution < -0.4 is 0 Å². The molecule has 1 aliphatic rings. The zero-order valence-corrected chi connectivity index (χ0v) is 19.1. The van der Waals surface area contributed by atoms with E-state index >= 15 is 0 Å². The van der Waals surface area contributed by atoms with E-state index in [-0.39, 0.29) is 0 Å². The van der Waals surface area contributed by atoms with Gasteiger partial charge in [-0.05, 0) is 12.8 Å². The minimum Gasteiger partial charge on any atom is -0.378 e. The molecular formula is C23H46O6. The van der Waals surface area contributed by atoms with Crippen molar-refractivity contribution in [3.8, 4) is 0 Å². The summed E-state index contributed by atoms with van der Waals surface area (Å²) in [5.74, 6) is 0. The van der Waals surface area contributed by atoms with Gasteiger partial charge in [0.05, 0.1) is 66.1 Å². The highest BCUT2D eigenvalue weighted by molar-refractivity contribution is 4.81. The quantitative estimate of drug-likeness (QED) is 0.438. The summed E-state index contributed by atoms with van der Waals surface area (Å²) in [6.07, 6.45) is 10.6. The van der Waals surface area contributed by atoms with Crippen LogP contribution in [-0.2, 0) is 28.4 Å². The second kappa shape index (κ2) is 19.7. The fraction of sp³-hybridized carbons (Fsp3) is 1.00. The highest BCUT2D eigenvalue weighted by atomic mass is 16.6. The van der Waals surface area contributed by atoms with Crippen LogP contribution >= 0.6 is 0 Å². The van der Waals surface area contributed by atoms with Crippen LogP contribution in [0.15, 0.2) is 0 Å². The number of unbranched alkanes of at least 4 members (excludes halogenated alkanes) is 6. The Balaban J connectivity index is 2.57. The molecule has 0 spiro atoms. The molecule has 0 aromatic heterocycles. The summed E-state index contributed by atoms with van der Waals surface area (Å²) in [6.45, 7) is 11.0. The molecule has 0 N–H and O–H groups in total. The molecule has 174 valence electrons. The largest absolute Gasteiger partial charge is 0.378 e. The van der Waals surface area contributed by atoms with Crippen molar-refractivity contribution < 1.29 is 28.4 Å². The van der Waals surface area contributed by atoms with Crippen LogP contribution in [0.5, 0.6) is 0 Å². The molecule has 0 aromatic rings. The Bertz CT molecular complexity index is 323. The molecule has 1 saturated heterocycles. The zero-order valence-electron chi connectivity index (χ0n) is 19.1. The molecule has 29 heavy (non-hydrogen) atoms. The lowest BCUT2D eigenvalue weighted by Crippen LogP contribution is -2.44. The van der Waals surface area contributed by atoms with Crippen LogP contribution in [0, 0.1) is 0 Å². The maximum atomic E-state index is 6.36. The van der Waals surface area contributed by atoms with Crippen molar-refractivity contribution in [1.82, 2.24) is 0 Å². The van der Waals surface area contributed by atoms with Gasteiger partial charge in [0.15, 0.2) is 0 Å². The number of rotatable bonds is 12. The summed E-state index contributed by atoms with van der Waals surface area (Å²) < 4.78 is 35.1. The molecule has 0 radical (unpaired) electrons. The van der Waals surface area contributed by atoms with E-state index in [1.807, 2.05) is 0 Å². The Hall–Kier alpha value is -0.240. The average Bonchev–Trinajstić information content (AvgIpc) is 2.74. The van der Waals surface area contributed by atoms with E-state index in [4.69, 9.17) is 28.4 Å². The van der Waals surface area contributed by atoms with Gasteiger partial charge in [-0.1, -0.05) is 58.8 Å². The van der Waals surface area contributed by atoms with Crippen LogP contribution in [0.2, 0.25) is 0 Å². The predicted octanol–water partition coefficient (Wildman–Crippen LogP) is 4.39. The molecule has 0 aliphatic carbocycles. The van der Waals surface area contributed by atoms with E-state index in [1.165, 1.54) is 38.5 Å². The molecule has 1 rings (SSSR count). The van der Waals surface area contributed by atoms with Crippen LogP contribution in [0.25, 0.3) is 0 Å². The van der Waals surface area contributed by atoms with Crippen LogP contribution in [0.3, 0.4) is 0 Å². The lowest BCUT2D eigenvalue weighted by molar-refractivity contribution is -0.151. The topological polar surface area (TPSA) is 55.4 Å². The molecule has 6 heteroatoms. The molecular weight excluding hydrogens is 372 g/mol. The molecule has 1 fully saturated rings. The monoisotopic (exact) mass is 418 g/mol. The van der Waals surface area contributed by atoms with Crippen molar-refractivity contribution in [3.63, 3.8) is 0 Å². The molecule has 1 unspecified atom stereocenters. The molecule has 1 atom stereocenters. The Morgan fingerprint density at radius 2 is 1.17 bits per heavy atom. The van der Waals surface area contributed by atoms with Crippen LogP contribution in [-0.4, -0.2) is 78.3 Å². The van der Waals surface area contributed by atoms with Gasteiger partial charge >= 0.3 is 0 Å². The number of hydrogen-bond donors (Lipinski definition) is 0. The molecule has 1 aliphatic heterocycles. The van der Waals surface area contributed by atoms with Gasteiger partial charge in [-0.3, -0.25) is 0 Å². The summed E-state index contributed by atoms with van der Waals surface area (Å²) in [6, 6.07) is 0. The normalized spacial score (nSPS) is 23.4. The minimum absolute atomic E-state index is 0.404. The smallest absolute Gasteiger partial charge is 0.115 e. The maximum Gasteiger partial charge on any atom is 0.115 e. The van der Waals surface area contributed by atoms with Gasteiger partial charge in [-0.15, -0.1) is 0 Å². The van der Waals surface area contributed by atoms with Crippen molar-refractivity contribution in [1.29, 1.82) is 0 Å². The number of ether oxygens (including phenoxy) is 6. The SMILES string of the molecule is CCCCCCOCC1(CCCCCC)COCCOCCOCCOCCO1. The standard InChI is InChI=1S/C23H46O6/c1-3-5-7-9-11-23(21-27-12-10-8-6-4-2)22-28-18-17-25-14-13-24-15-16-26-19-20-29-23/h3-22H2,1-2H3. The van der Waals surface area contributed by atoms with Crippen molar-refractivity contribution >= 4 is 0 Å². The first-order chi connectivity index (χ1) is 14.3. The Morgan fingerprint density at radius 3 is 1.79 bits per heavy atom. The molecule has 6 nitrogen and oxygen atoms in total. The summed E-state index contributed by atoms with van der Waals surface area (Å²) in [4.78, 5) is 0. The lowest BCUT2D eigenvalue weighted by Gasteiger charge is -2.34. The first kappa shape index (κ1) is 26.8. The zero-order chi connectivity index (χ0) is 20.9. The van der Waals surface area contributed by atoms with E-state index in [1.54, 1.807) is 0 Å². The van der Waals surface area contributed by atoms with E-state index < -0.39 is 5.60 Å². The molecule has 0 bridgehead atoms. The van der Waals surface area contributed by atoms with Gasteiger partial charge in [0.2, 0.25) is 0 Å². The fourth-order valence-corrected chi connectivity index (χ4v) is 3.34. The third-order valence-electron chi connectivity index (χ3n) is 5.11. The van der Waals surface area contributed by atoms with Crippen molar-refractivity contribution in [2.45, 2.75) is 77.2 Å². The lowest BCUT2D eigenvalue weighted by atomic mass is 9.97. The van der Waals surface area contributed by atoms with E-state index in [0.29, 0.717) is 66.1 Å². The maximum absolute atomic E-state index is 6.36. The first-order valence-electron chi connectivity index (χ1n) is 11.9. The highest BCUT2D eigenvalue weighted by Crippen LogP contribution is 2.23. The van der Waals surface area contributed by atoms with Gasteiger partial charge in [0.1, 0.15) is 5.60 Å². The van der Waals surface area contributed by atoms with Crippen molar-refractivity contribution in [2.75, 3.05) is 72.7 Å². The Kier molecular flexibility index (Phi) is 18.2. The third-order valence-corrected chi connectivity index (χ3v) is 5.11. The van der Waals surface area contributed by atoms with Crippen molar-refractivity contribution in [3.05, 3.63) is 0 Å². The minimum atomic E-state index is -0.404. The summed E-state index contributed by atoms with van der Waals surface area (Å²) in [5.41, 5.74) is -0.404. The van der Waals surface area contributed by atoms with Crippen LogP contribution in [0.1, 0.15) is 71.6 Å². The van der Waals surface area contributed by atoms with Gasteiger partial charge < -0.3 is 28.4 Å². The molecule has 0 saturated carbocycles. The molecule has 0 aromatic carbocycles. The van der Waals surface area contributed by atoms with Crippen molar-refractivity contribution in [2.24, 2.45) is 0 Å². The summed E-state index contributed by atoms with van der Waals surface area (Å²) in [5, 5.41) is 0. The molecule has 0 amide bonds. The van der Waals surface area contributed by atoms with E-state index in [0.717, 1.165) is 25.9 Å². The summed E-state index contributed by atoms with van der Waals surface area (Å²) in [7, 11) is 0. The van der Waals surface area contributed by atoms with Gasteiger partial charge in [0.25, 0.3) is 0 Å². The van der Waals surface area contributed by atoms with Crippen LogP contribution in [0.4, 0.5) is 0 Å². The van der Waals surface area contributed by atoms with E-state index in [9.17, 15) is 0 Å². The second-order valence-electron chi connectivity index (χ2n) is 7.85. The van der Waals surface area contributed by atoms with Gasteiger partial charge in [0, 0.05) is 6.61 Å². The van der Waals surface area contributed by atoms with E-state index in [2.05, 4.69) is 13.8 Å². The Labute approximate surface area is 178 Å². The highest BCUT2D eigenvalue weighted by Gasteiger charge is 2.31. The predicted molar refractivity (Wildman–Crippen MR) is 116 cm³/mol. The van der Waals surface area contributed by atoms with Gasteiger partial charge in [-0.25, -0.2) is 0 Å². The third kappa shape index (κ3) is 15.2. The number of hydrogen-bond acceptors (Lipinski definition) is 6. The first-order valence-corrected chi connectivity index (χ1v) is 11.9.